The Morgan fingerprint density at radius 3 is 2.68 bits per heavy atom. The molecule has 4 nitrogen and oxygen atoms in total. The number of thioether (sulfide) groups is 1. The van der Waals surface area contributed by atoms with Crippen molar-refractivity contribution in [2.75, 3.05) is 18.4 Å². The second-order valence-corrected chi connectivity index (χ2v) is 6.01. The normalized spacial score (nSPS) is 12.0. The maximum absolute atomic E-state index is 5.36. The maximum atomic E-state index is 5.36. The fourth-order valence-corrected chi connectivity index (χ4v) is 2.68. The van der Waals surface area contributed by atoms with Crippen molar-refractivity contribution in [3.8, 4) is 11.5 Å². The smallest absolute Gasteiger partial charge is 0.231 e. The minimum absolute atomic E-state index is 0.290. The standard InChI is InChI=1S/C16H16N2O2S2/c1-22-13-5-3-12(4-6-13)18-16(21)17-9-11-2-7-14-15(8-11)20-10-19-14/h2-8H,9-10H2,1H3,(H2,17,18,21). The molecule has 0 amide bonds. The highest BCUT2D eigenvalue weighted by molar-refractivity contribution is 7.98. The minimum atomic E-state index is 0.290. The predicted octanol–water partition coefficient (Wildman–Crippen LogP) is 3.62. The molecule has 0 saturated carbocycles. The summed E-state index contributed by atoms with van der Waals surface area (Å²) >= 11 is 7.03. The van der Waals surface area contributed by atoms with Crippen molar-refractivity contribution in [2.24, 2.45) is 0 Å². The Kier molecular flexibility index (Phi) is 4.70. The first-order chi connectivity index (χ1) is 10.7. The summed E-state index contributed by atoms with van der Waals surface area (Å²) in [6.45, 7) is 0.920. The van der Waals surface area contributed by atoms with E-state index < -0.39 is 0 Å². The molecule has 2 aromatic carbocycles. The molecule has 2 N–H and O–H groups in total. The van der Waals surface area contributed by atoms with Gasteiger partial charge in [0.05, 0.1) is 0 Å². The van der Waals surface area contributed by atoms with E-state index in [9.17, 15) is 0 Å². The molecule has 1 aliphatic heterocycles. The zero-order valence-electron chi connectivity index (χ0n) is 12.1. The van der Waals surface area contributed by atoms with E-state index in [0.29, 0.717) is 11.7 Å². The van der Waals surface area contributed by atoms with Crippen molar-refractivity contribution in [1.29, 1.82) is 0 Å². The first kappa shape index (κ1) is 15.0. The lowest BCUT2D eigenvalue weighted by Crippen LogP contribution is -2.27. The fourth-order valence-electron chi connectivity index (χ4n) is 2.08. The lowest BCUT2D eigenvalue weighted by atomic mass is 10.2. The van der Waals surface area contributed by atoms with Crippen molar-refractivity contribution in [2.45, 2.75) is 11.4 Å². The van der Waals surface area contributed by atoms with Crippen LogP contribution in [-0.2, 0) is 6.54 Å². The summed E-state index contributed by atoms with van der Waals surface area (Å²) in [5.41, 5.74) is 2.06. The number of rotatable bonds is 4. The van der Waals surface area contributed by atoms with Crippen LogP contribution in [0.25, 0.3) is 0 Å². The Bertz CT molecular complexity index is 674. The lowest BCUT2D eigenvalue weighted by Gasteiger charge is -2.11. The quantitative estimate of drug-likeness (QED) is 0.658. The predicted molar refractivity (Wildman–Crippen MR) is 93.8 cm³/mol. The fraction of sp³-hybridized carbons (Fsp3) is 0.188. The summed E-state index contributed by atoms with van der Waals surface area (Å²) in [6, 6.07) is 14.0. The number of hydrogen-bond donors (Lipinski definition) is 2. The second kappa shape index (κ2) is 6.89. The Labute approximate surface area is 139 Å². The van der Waals surface area contributed by atoms with Gasteiger partial charge in [0.15, 0.2) is 16.6 Å². The van der Waals surface area contributed by atoms with Gasteiger partial charge in [-0.25, -0.2) is 0 Å². The molecule has 0 bridgehead atoms. The monoisotopic (exact) mass is 332 g/mol. The van der Waals surface area contributed by atoms with Crippen LogP contribution in [-0.4, -0.2) is 18.2 Å². The van der Waals surface area contributed by atoms with Crippen molar-refractivity contribution in [3.05, 3.63) is 48.0 Å². The molecule has 0 fully saturated rings. The highest BCUT2D eigenvalue weighted by Crippen LogP contribution is 2.32. The van der Waals surface area contributed by atoms with Crippen molar-refractivity contribution >= 4 is 34.8 Å². The molecule has 22 heavy (non-hydrogen) atoms. The van der Waals surface area contributed by atoms with Gasteiger partial charge in [-0.1, -0.05) is 6.07 Å². The molecular weight excluding hydrogens is 316 g/mol. The number of benzene rings is 2. The van der Waals surface area contributed by atoms with E-state index in [1.54, 1.807) is 11.8 Å². The van der Waals surface area contributed by atoms with Crippen LogP contribution >= 0.6 is 24.0 Å². The molecule has 0 aliphatic carbocycles. The van der Waals surface area contributed by atoms with Gasteiger partial charge in [0.25, 0.3) is 0 Å². The summed E-state index contributed by atoms with van der Waals surface area (Å²) in [5, 5.41) is 6.95. The minimum Gasteiger partial charge on any atom is -0.454 e. The van der Waals surface area contributed by atoms with Crippen molar-refractivity contribution in [3.63, 3.8) is 0 Å². The number of thiocarbonyl (C=S) groups is 1. The highest BCUT2D eigenvalue weighted by atomic mass is 32.2. The van der Waals surface area contributed by atoms with Crippen LogP contribution in [0.2, 0.25) is 0 Å². The molecule has 0 atom stereocenters. The van der Waals surface area contributed by atoms with E-state index >= 15 is 0 Å². The van der Waals surface area contributed by atoms with Crippen LogP contribution in [0.5, 0.6) is 11.5 Å². The SMILES string of the molecule is CSc1ccc(NC(=S)NCc2ccc3c(c2)OCO3)cc1. The van der Waals surface area contributed by atoms with Gasteiger partial charge in [0, 0.05) is 17.1 Å². The van der Waals surface area contributed by atoms with Crippen LogP contribution in [0.15, 0.2) is 47.4 Å². The molecule has 0 saturated heterocycles. The van der Waals surface area contributed by atoms with E-state index in [2.05, 4.69) is 29.0 Å². The summed E-state index contributed by atoms with van der Waals surface area (Å²) in [7, 11) is 0. The summed E-state index contributed by atoms with van der Waals surface area (Å²) in [6.07, 6.45) is 2.06. The van der Waals surface area contributed by atoms with Gasteiger partial charge in [-0.2, -0.15) is 0 Å². The number of hydrogen-bond acceptors (Lipinski definition) is 4. The Morgan fingerprint density at radius 1 is 1.14 bits per heavy atom. The van der Waals surface area contributed by atoms with Crippen molar-refractivity contribution in [1.82, 2.24) is 5.32 Å². The topological polar surface area (TPSA) is 42.5 Å². The van der Waals surface area contributed by atoms with Crippen LogP contribution in [0, 0.1) is 0 Å². The Hall–Kier alpha value is -1.92. The van der Waals surface area contributed by atoms with Gasteiger partial charge >= 0.3 is 0 Å². The number of ether oxygens (including phenoxy) is 2. The van der Waals surface area contributed by atoms with Gasteiger partial charge in [0.2, 0.25) is 6.79 Å². The van der Waals surface area contributed by atoms with E-state index in [-0.39, 0.29) is 6.79 Å². The third kappa shape index (κ3) is 3.64. The lowest BCUT2D eigenvalue weighted by molar-refractivity contribution is 0.174. The van der Waals surface area contributed by atoms with Gasteiger partial charge in [-0.3, -0.25) is 0 Å². The Balaban J connectivity index is 1.53. The van der Waals surface area contributed by atoms with E-state index in [1.165, 1.54) is 4.90 Å². The zero-order chi connectivity index (χ0) is 15.4. The summed E-state index contributed by atoms with van der Waals surface area (Å²) < 4.78 is 10.7. The van der Waals surface area contributed by atoms with Gasteiger partial charge in [0.1, 0.15) is 0 Å². The molecule has 0 spiro atoms. The molecule has 2 aromatic rings. The maximum Gasteiger partial charge on any atom is 0.231 e. The molecule has 1 aliphatic rings. The van der Waals surface area contributed by atoms with Crippen LogP contribution in [0.3, 0.4) is 0 Å². The molecule has 0 radical (unpaired) electrons. The highest BCUT2D eigenvalue weighted by Gasteiger charge is 2.13. The molecular formula is C16H16N2O2S2. The van der Waals surface area contributed by atoms with Crippen molar-refractivity contribution < 1.29 is 9.47 Å². The average Bonchev–Trinajstić information content (AvgIpc) is 3.01. The summed E-state index contributed by atoms with van der Waals surface area (Å²) in [5.74, 6) is 1.57. The zero-order valence-corrected chi connectivity index (χ0v) is 13.7. The first-order valence-corrected chi connectivity index (χ1v) is 8.45. The van der Waals surface area contributed by atoms with Gasteiger partial charge in [-0.05, 0) is 60.4 Å². The largest absolute Gasteiger partial charge is 0.454 e. The molecule has 0 aromatic heterocycles. The molecule has 6 heteroatoms. The summed E-state index contributed by atoms with van der Waals surface area (Å²) in [4.78, 5) is 1.23. The van der Waals surface area contributed by atoms with E-state index in [0.717, 1.165) is 22.7 Å². The number of anilines is 1. The number of fused-ring (bicyclic) bond motifs is 1. The molecule has 1 heterocycles. The van der Waals surface area contributed by atoms with E-state index in [1.807, 2.05) is 30.3 Å². The molecule has 0 unspecified atom stereocenters. The van der Waals surface area contributed by atoms with Crippen LogP contribution in [0.4, 0.5) is 5.69 Å². The second-order valence-electron chi connectivity index (χ2n) is 4.72. The molecule has 3 rings (SSSR count). The number of nitrogens with one attached hydrogen (secondary N) is 2. The average molecular weight is 332 g/mol. The van der Waals surface area contributed by atoms with Crippen LogP contribution < -0.4 is 20.1 Å². The van der Waals surface area contributed by atoms with Gasteiger partial charge in [-0.15, -0.1) is 11.8 Å². The van der Waals surface area contributed by atoms with E-state index in [4.69, 9.17) is 21.7 Å². The molecule has 114 valence electrons. The first-order valence-electron chi connectivity index (χ1n) is 6.82. The van der Waals surface area contributed by atoms with Crippen LogP contribution in [0.1, 0.15) is 5.56 Å². The third-order valence-electron chi connectivity index (χ3n) is 3.24. The van der Waals surface area contributed by atoms with Gasteiger partial charge < -0.3 is 20.1 Å². The Morgan fingerprint density at radius 2 is 1.91 bits per heavy atom. The third-order valence-corrected chi connectivity index (χ3v) is 4.23.